The molecule has 0 saturated carbocycles. The third-order valence-corrected chi connectivity index (χ3v) is 3.68. The number of halogens is 1. The summed E-state index contributed by atoms with van der Waals surface area (Å²) in [6, 6.07) is 10.8. The fraction of sp³-hybridized carbons (Fsp3) is 0.235. The van der Waals surface area contributed by atoms with E-state index in [-0.39, 0.29) is 29.7 Å². The van der Waals surface area contributed by atoms with Gasteiger partial charge in [0.1, 0.15) is 16.8 Å². The van der Waals surface area contributed by atoms with Crippen LogP contribution in [-0.4, -0.2) is 18.5 Å². The zero-order valence-corrected chi connectivity index (χ0v) is 13.3. The molecular formula is C17H15ClN2O3. The first-order chi connectivity index (χ1) is 11.1. The molecule has 0 aliphatic carbocycles. The number of para-hydroxylation sites is 1. The van der Waals surface area contributed by atoms with E-state index in [1.165, 1.54) is 11.0 Å². The number of carbonyl (C=O) groups is 2. The summed E-state index contributed by atoms with van der Waals surface area (Å²) >= 11 is 6.34. The van der Waals surface area contributed by atoms with Gasteiger partial charge >= 0.3 is 5.97 Å². The van der Waals surface area contributed by atoms with Gasteiger partial charge in [-0.1, -0.05) is 29.8 Å². The summed E-state index contributed by atoms with van der Waals surface area (Å²) in [5, 5.41) is 9.31. The molecule has 23 heavy (non-hydrogen) atoms. The highest BCUT2D eigenvalue weighted by Gasteiger charge is 2.27. The van der Waals surface area contributed by atoms with Crippen molar-refractivity contribution in [3.8, 4) is 6.07 Å². The smallest absolute Gasteiger partial charge is 0.348 e. The van der Waals surface area contributed by atoms with Crippen LogP contribution < -0.4 is 4.90 Å². The number of nitrogens with zero attached hydrogens (tertiary/aromatic N) is 2. The summed E-state index contributed by atoms with van der Waals surface area (Å²) in [5.41, 5.74) is 1.06. The molecule has 0 N–H and O–H groups in total. The van der Waals surface area contributed by atoms with E-state index in [1.807, 2.05) is 12.1 Å². The molecule has 6 heteroatoms. The number of anilines is 1. The molecule has 2 rings (SSSR count). The maximum atomic E-state index is 12.2. The molecule has 0 saturated heterocycles. The van der Waals surface area contributed by atoms with Gasteiger partial charge in [-0.25, -0.2) is 4.79 Å². The summed E-state index contributed by atoms with van der Waals surface area (Å²) < 4.78 is 4.83. The average molecular weight is 331 g/mol. The monoisotopic (exact) mass is 330 g/mol. The highest BCUT2D eigenvalue weighted by atomic mass is 35.5. The van der Waals surface area contributed by atoms with E-state index >= 15 is 0 Å². The Kier molecular flexibility index (Phi) is 5.56. The Bertz CT molecular complexity index is 717. The van der Waals surface area contributed by atoms with Crippen LogP contribution in [0.3, 0.4) is 0 Å². The molecule has 1 heterocycles. The standard InChI is InChI=1S/C17H15ClN2O3/c1-2-23-17(22)13(11-19)10-12-8-9-15(21)20(16(12)18)14-6-4-3-5-7-14/h3-7,10H,2,8-9H2,1H3/b13-10+. The van der Waals surface area contributed by atoms with Crippen LogP contribution in [0.15, 0.2) is 52.7 Å². The number of carbonyl (C=O) groups excluding carboxylic acids is 2. The zero-order valence-electron chi connectivity index (χ0n) is 12.6. The highest BCUT2D eigenvalue weighted by molar-refractivity contribution is 6.34. The van der Waals surface area contributed by atoms with Gasteiger partial charge in [0.2, 0.25) is 5.91 Å². The summed E-state index contributed by atoms with van der Waals surface area (Å²) in [6.07, 6.45) is 2.01. The number of rotatable bonds is 4. The van der Waals surface area contributed by atoms with Crippen molar-refractivity contribution in [1.29, 1.82) is 5.26 Å². The van der Waals surface area contributed by atoms with E-state index in [2.05, 4.69) is 0 Å². The van der Waals surface area contributed by atoms with Gasteiger partial charge in [-0.05, 0) is 37.1 Å². The van der Waals surface area contributed by atoms with Gasteiger partial charge in [0.25, 0.3) is 0 Å². The van der Waals surface area contributed by atoms with E-state index in [0.29, 0.717) is 17.7 Å². The van der Waals surface area contributed by atoms with E-state index < -0.39 is 5.97 Å². The van der Waals surface area contributed by atoms with Crippen LogP contribution in [0.2, 0.25) is 0 Å². The SMILES string of the molecule is CCOC(=O)/C(C#N)=C/C1=C(Cl)N(c2ccccc2)C(=O)CC1. The minimum absolute atomic E-state index is 0.131. The lowest BCUT2D eigenvalue weighted by Crippen LogP contribution is -2.32. The molecule has 1 aromatic carbocycles. The predicted molar refractivity (Wildman–Crippen MR) is 86.4 cm³/mol. The van der Waals surface area contributed by atoms with Crippen LogP contribution in [0, 0.1) is 11.3 Å². The van der Waals surface area contributed by atoms with Gasteiger partial charge < -0.3 is 4.74 Å². The molecule has 5 nitrogen and oxygen atoms in total. The second kappa shape index (κ2) is 7.61. The summed E-state index contributed by atoms with van der Waals surface area (Å²) in [5.74, 6) is -0.830. The van der Waals surface area contributed by atoms with Gasteiger partial charge in [0, 0.05) is 12.1 Å². The molecule has 0 spiro atoms. The van der Waals surface area contributed by atoms with Crippen molar-refractivity contribution in [1.82, 2.24) is 0 Å². The van der Waals surface area contributed by atoms with Crippen molar-refractivity contribution in [2.24, 2.45) is 0 Å². The zero-order chi connectivity index (χ0) is 16.8. The summed E-state index contributed by atoms with van der Waals surface area (Å²) in [6.45, 7) is 1.84. The van der Waals surface area contributed by atoms with E-state index in [1.54, 1.807) is 31.2 Å². The quantitative estimate of drug-likeness (QED) is 0.367. The number of nitriles is 1. The highest BCUT2D eigenvalue weighted by Crippen LogP contribution is 2.32. The molecular weight excluding hydrogens is 316 g/mol. The number of hydrogen-bond donors (Lipinski definition) is 0. The molecule has 0 radical (unpaired) electrons. The van der Waals surface area contributed by atoms with Crippen molar-refractivity contribution in [2.75, 3.05) is 11.5 Å². The summed E-state index contributed by atoms with van der Waals surface area (Å²) in [4.78, 5) is 25.3. The van der Waals surface area contributed by atoms with Crippen LogP contribution >= 0.6 is 11.6 Å². The fourth-order valence-corrected chi connectivity index (χ4v) is 2.54. The number of amides is 1. The lowest BCUT2D eigenvalue weighted by Gasteiger charge is -2.27. The molecule has 1 aromatic rings. The molecule has 0 bridgehead atoms. The normalized spacial score (nSPS) is 15.4. The van der Waals surface area contributed by atoms with Crippen LogP contribution in [0.1, 0.15) is 19.8 Å². The number of allylic oxidation sites excluding steroid dienone is 2. The third kappa shape index (κ3) is 3.79. The molecule has 1 aliphatic heterocycles. The minimum atomic E-state index is -0.699. The maximum Gasteiger partial charge on any atom is 0.348 e. The first-order valence-corrected chi connectivity index (χ1v) is 7.51. The van der Waals surface area contributed by atoms with E-state index in [9.17, 15) is 9.59 Å². The molecule has 1 aliphatic rings. The number of ether oxygens (including phenoxy) is 1. The Morgan fingerprint density at radius 2 is 2.09 bits per heavy atom. The van der Waals surface area contributed by atoms with Crippen molar-refractivity contribution in [2.45, 2.75) is 19.8 Å². The Morgan fingerprint density at radius 3 is 2.70 bits per heavy atom. The Hall–Kier alpha value is -2.58. The van der Waals surface area contributed by atoms with Gasteiger partial charge in [0.05, 0.1) is 6.61 Å². The molecule has 0 aromatic heterocycles. The first-order valence-electron chi connectivity index (χ1n) is 7.14. The van der Waals surface area contributed by atoms with Crippen molar-refractivity contribution < 1.29 is 14.3 Å². The number of hydrogen-bond acceptors (Lipinski definition) is 4. The topological polar surface area (TPSA) is 70.4 Å². The lowest BCUT2D eigenvalue weighted by atomic mass is 10.0. The second-order valence-corrected chi connectivity index (χ2v) is 5.13. The van der Waals surface area contributed by atoms with Gasteiger partial charge in [-0.2, -0.15) is 5.26 Å². The summed E-state index contributed by atoms with van der Waals surface area (Å²) in [7, 11) is 0. The fourth-order valence-electron chi connectivity index (χ4n) is 2.20. The third-order valence-electron chi connectivity index (χ3n) is 3.27. The lowest BCUT2D eigenvalue weighted by molar-refractivity contribution is -0.138. The first kappa shape index (κ1) is 16.8. The minimum Gasteiger partial charge on any atom is -0.462 e. The average Bonchev–Trinajstić information content (AvgIpc) is 2.55. The Labute approximate surface area is 139 Å². The number of benzene rings is 1. The molecule has 0 atom stereocenters. The van der Waals surface area contributed by atoms with Gasteiger partial charge in [-0.3, -0.25) is 9.69 Å². The van der Waals surface area contributed by atoms with Crippen LogP contribution in [0.5, 0.6) is 0 Å². The number of esters is 1. The van der Waals surface area contributed by atoms with Crippen LogP contribution in [0.25, 0.3) is 0 Å². The maximum absolute atomic E-state index is 12.2. The van der Waals surface area contributed by atoms with Crippen LogP contribution in [0.4, 0.5) is 5.69 Å². The molecule has 0 fully saturated rings. The van der Waals surface area contributed by atoms with Crippen LogP contribution in [-0.2, 0) is 14.3 Å². The van der Waals surface area contributed by atoms with Crippen molar-refractivity contribution in [3.63, 3.8) is 0 Å². The molecule has 118 valence electrons. The Morgan fingerprint density at radius 1 is 1.39 bits per heavy atom. The van der Waals surface area contributed by atoms with Gasteiger partial charge in [0.15, 0.2) is 0 Å². The van der Waals surface area contributed by atoms with E-state index in [0.717, 1.165) is 0 Å². The van der Waals surface area contributed by atoms with Crippen molar-refractivity contribution >= 4 is 29.2 Å². The Balaban J connectivity index is 2.41. The van der Waals surface area contributed by atoms with Crippen molar-refractivity contribution in [3.05, 3.63) is 52.7 Å². The molecule has 0 unspecified atom stereocenters. The molecule has 1 amide bonds. The van der Waals surface area contributed by atoms with Gasteiger partial charge in [-0.15, -0.1) is 0 Å². The van der Waals surface area contributed by atoms with E-state index in [4.69, 9.17) is 21.6 Å². The predicted octanol–water partition coefficient (Wildman–Crippen LogP) is 3.28. The second-order valence-electron chi connectivity index (χ2n) is 4.77. The largest absolute Gasteiger partial charge is 0.462 e.